The standard InChI is InChI=1S/C30H22N4O5S/c1-19-15-23(16-28-29(35)32(30(36)40-28)18-22-3-7-25(8-4-22)34(37)38)20(2)33(19)24-9-13-27(14-10-24)39-26-11-5-21(17-31)6-12-26/h3-16H,18H2,1-2H3/b28-16-. The first-order valence-corrected chi connectivity index (χ1v) is 13.0. The first-order chi connectivity index (χ1) is 19.2. The second kappa shape index (κ2) is 10.9. The Hall–Kier alpha value is -5.14. The molecule has 0 radical (unpaired) electrons. The smallest absolute Gasteiger partial charge is 0.293 e. The molecule has 1 aliphatic heterocycles. The lowest BCUT2D eigenvalue weighted by molar-refractivity contribution is -0.384. The highest BCUT2D eigenvalue weighted by Crippen LogP contribution is 2.35. The second-order valence-electron chi connectivity index (χ2n) is 9.09. The molecular weight excluding hydrogens is 528 g/mol. The fourth-order valence-corrected chi connectivity index (χ4v) is 5.24. The van der Waals surface area contributed by atoms with Gasteiger partial charge in [0.15, 0.2) is 0 Å². The zero-order valence-corrected chi connectivity index (χ0v) is 22.3. The molecule has 4 aromatic rings. The molecule has 0 saturated carbocycles. The molecule has 3 aromatic carbocycles. The van der Waals surface area contributed by atoms with Crippen LogP contribution in [0.5, 0.6) is 11.5 Å². The third-order valence-corrected chi connectivity index (χ3v) is 7.34. The van der Waals surface area contributed by atoms with Gasteiger partial charge in [-0.15, -0.1) is 0 Å². The number of rotatable bonds is 7. The third kappa shape index (κ3) is 5.36. The van der Waals surface area contributed by atoms with Crippen molar-refractivity contribution in [2.45, 2.75) is 20.4 Å². The van der Waals surface area contributed by atoms with Crippen molar-refractivity contribution in [3.63, 3.8) is 0 Å². The quantitative estimate of drug-likeness (QED) is 0.139. The molecule has 198 valence electrons. The molecule has 1 fully saturated rings. The lowest BCUT2D eigenvalue weighted by atomic mass is 10.2. The number of hydrogen-bond acceptors (Lipinski definition) is 7. The van der Waals surface area contributed by atoms with Crippen LogP contribution in [-0.4, -0.2) is 25.5 Å². The van der Waals surface area contributed by atoms with Gasteiger partial charge in [0.25, 0.3) is 16.8 Å². The molecule has 0 spiro atoms. The fraction of sp³-hybridized carbons (Fsp3) is 0.100. The third-order valence-electron chi connectivity index (χ3n) is 6.43. The summed E-state index contributed by atoms with van der Waals surface area (Å²) in [6, 6.07) is 24.3. The number of imide groups is 1. The summed E-state index contributed by atoms with van der Waals surface area (Å²) in [5.41, 5.74) is 4.71. The molecule has 2 amide bonds. The summed E-state index contributed by atoms with van der Waals surface area (Å²) in [5, 5.41) is 19.4. The van der Waals surface area contributed by atoms with Crippen LogP contribution in [0.3, 0.4) is 0 Å². The predicted octanol–water partition coefficient (Wildman–Crippen LogP) is 6.90. The Bertz CT molecular complexity index is 1700. The lowest BCUT2D eigenvalue weighted by Crippen LogP contribution is -2.27. The van der Waals surface area contributed by atoms with Crippen molar-refractivity contribution in [2.75, 3.05) is 0 Å². The van der Waals surface area contributed by atoms with Crippen molar-refractivity contribution in [3.8, 4) is 23.3 Å². The summed E-state index contributed by atoms with van der Waals surface area (Å²) in [6.45, 7) is 3.95. The number of non-ortho nitro benzene ring substituents is 1. The number of carbonyl (C=O) groups is 2. The number of carbonyl (C=O) groups excluding carboxylic acids is 2. The first kappa shape index (κ1) is 26.5. The SMILES string of the molecule is Cc1cc(/C=C2\SC(=O)N(Cc3ccc([N+](=O)[O-])cc3)C2=O)c(C)n1-c1ccc(Oc2ccc(C#N)cc2)cc1. The zero-order valence-electron chi connectivity index (χ0n) is 21.5. The Labute approximate surface area is 234 Å². The Morgan fingerprint density at radius 1 is 0.975 bits per heavy atom. The number of amides is 2. The van der Waals surface area contributed by atoms with Gasteiger partial charge in [-0.05, 0) is 97.4 Å². The van der Waals surface area contributed by atoms with E-state index in [0.29, 0.717) is 27.5 Å². The van der Waals surface area contributed by atoms with Crippen LogP contribution in [0.2, 0.25) is 0 Å². The molecule has 0 unspecified atom stereocenters. The number of aryl methyl sites for hydroxylation is 1. The molecule has 1 aromatic heterocycles. The molecule has 9 nitrogen and oxygen atoms in total. The Morgan fingerprint density at radius 3 is 2.20 bits per heavy atom. The van der Waals surface area contributed by atoms with Crippen LogP contribution in [0.1, 0.15) is 28.1 Å². The van der Waals surface area contributed by atoms with Gasteiger partial charge in [-0.25, -0.2) is 0 Å². The van der Waals surface area contributed by atoms with Crippen molar-refractivity contribution in [3.05, 3.63) is 122 Å². The Morgan fingerprint density at radius 2 is 1.60 bits per heavy atom. The van der Waals surface area contributed by atoms with Crippen LogP contribution in [0.4, 0.5) is 10.5 Å². The van der Waals surface area contributed by atoms with Crippen LogP contribution in [0.25, 0.3) is 11.8 Å². The minimum atomic E-state index is -0.497. The van der Waals surface area contributed by atoms with Gasteiger partial charge in [-0.3, -0.25) is 24.6 Å². The number of aromatic nitrogens is 1. The van der Waals surface area contributed by atoms with Crippen molar-refractivity contribution >= 4 is 34.7 Å². The zero-order chi connectivity index (χ0) is 28.4. The van der Waals surface area contributed by atoms with Gasteiger partial charge in [0.05, 0.1) is 28.0 Å². The van der Waals surface area contributed by atoms with E-state index in [1.165, 1.54) is 12.1 Å². The van der Waals surface area contributed by atoms with E-state index in [1.807, 2.05) is 44.2 Å². The summed E-state index contributed by atoms with van der Waals surface area (Å²) in [6.07, 6.45) is 1.72. The van der Waals surface area contributed by atoms with E-state index in [9.17, 15) is 19.7 Å². The molecule has 0 N–H and O–H groups in total. The minimum absolute atomic E-state index is 0.0376. The molecule has 2 heterocycles. The fourth-order valence-electron chi connectivity index (χ4n) is 4.41. The van der Waals surface area contributed by atoms with Crippen molar-refractivity contribution in [1.29, 1.82) is 5.26 Å². The number of benzene rings is 3. The summed E-state index contributed by atoms with van der Waals surface area (Å²) in [4.78, 5) is 37.5. The molecule has 0 atom stereocenters. The number of thioether (sulfide) groups is 1. The van der Waals surface area contributed by atoms with E-state index >= 15 is 0 Å². The molecule has 40 heavy (non-hydrogen) atoms. The van der Waals surface area contributed by atoms with Gasteiger partial charge in [-0.2, -0.15) is 5.26 Å². The number of nitrogens with zero attached hydrogens (tertiary/aromatic N) is 4. The largest absolute Gasteiger partial charge is 0.457 e. The number of nitro benzene ring substituents is 1. The summed E-state index contributed by atoms with van der Waals surface area (Å²) in [7, 11) is 0. The molecule has 0 aliphatic carbocycles. The normalized spacial score (nSPS) is 14.0. The average molecular weight is 551 g/mol. The Kier molecular flexibility index (Phi) is 7.23. The molecule has 10 heteroatoms. The van der Waals surface area contributed by atoms with Gasteiger partial charge in [-0.1, -0.05) is 12.1 Å². The van der Waals surface area contributed by atoms with Gasteiger partial charge in [0, 0.05) is 29.2 Å². The number of nitriles is 1. The van der Waals surface area contributed by atoms with E-state index in [-0.39, 0.29) is 17.5 Å². The topological polar surface area (TPSA) is 118 Å². The maximum atomic E-state index is 13.1. The molecule has 1 saturated heterocycles. The van der Waals surface area contributed by atoms with Gasteiger partial charge in [0.2, 0.25) is 0 Å². The molecule has 1 aliphatic rings. The number of nitro groups is 1. The highest BCUT2D eigenvalue weighted by atomic mass is 32.2. The highest BCUT2D eigenvalue weighted by molar-refractivity contribution is 8.18. The molecular formula is C30H22N4O5S. The van der Waals surface area contributed by atoms with E-state index in [4.69, 9.17) is 10.00 Å². The van der Waals surface area contributed by atoms with Crippen LogP contribution in [0, 0.1) is 35.3 Å². The van der Waals surface area contributed by atoms with Crippen LogP contribution >= 0.6 is 11.8 Å². The van der Waals surface area contributed by atoms with Crippen LogP contribution < -0.4 is 4.74 Å². The van der Waals surface area contributed by atoms with Gasteiger partial charge in [0.1, 0.15) is 11.5 Å². The average Bonchev–Trinajstić information content (AvgIpc) is 3.38. The lowest BCUT2D eigenvalue weighted by Gasteiger charge is -2.12. The molecule has 5 rings (SSSR count). The first-order valence-electron chi connectivity index (χ1n) is 12.2. The van der Waals surface area contributed by atoms with E-state index in [1.54, 1.807) is 42.5 Å². The predicted molar refractivity (Wildman–Crippen MR) is 151 cm³/mol. The van der Waals surface area contributed by atoms with Gasteiger partial charge < -0.3 is 9.30 Å². The summed E-state index contributed by atoms with van der Waals surface area (Å²) < 4.78 is 7.93. The number of hydrogen-bond donors (Lipinski definition) is 0. The van der Waals surface area contributed by atoms with E-state index in [2.05, 4.69) is 10.6 Å². The second-order valence-corrected chi connectivity index (χ2v) is 10.1. The summed E-state index contributed by atoms with van der Waals surface area (Å²) in [5.74, 6) is 0.880. The molecule has 0 bridgehead atoms. The summed E-state index contributed by atoms with van der Waals surface area (Å²) >= 11 is 0.875. The maximum absolute atomic E-state index is 13.1. The monoisotopic (exact) mass is 550 g/mol. The van der Waals surface area contributed by atoms with Crippen molar-refractivity contribution in [2.24, 2.45) is 0 Å². The Balaban J connectivity index is 1.32. The minimum Gasteiger partial charge on any atom is -0.457 e. The number of ether oxygens (including phenoxy) is 1. The van der Waals surface area contributed by atoms with Crippen LogP contribution in [-0.2, 0) is 11.3 Å². The highest BCUT2D eigenvalue weighted by Gasteiger charge is 2.35. The van der Waals surface area contributed by atoms with Crippen molar-refractivity contribution < 1.29 is 19.2 Å². The van der Waals surface area contributed by atoms with E-state index in [0.717, 1.165) is 39.3 Å². The van der Waals surface area contributed by atoms with E-state index < -0.39 is 10.8 Å². The van der Waals surface area contributed by atoms with Crippen LogP contribution in [0.15, 0.2) is 83.8 Å². The van der Waals surface area contributed by atoms with Crippen molar-refractivity contribution in [1.82, 2.24) is 9.47 Å². The van der Waals surface area contributed by atoms with Gasteiger partial charge >= 0.3 is 0 Å². The maximum Gasteiger partial charge on any atom is 0.293 e.